The van der Waals surface area contributed by atoms with E-state index < -0.39 is 0 Å². The van der Waals surface area contributed by atoms with Gasteiger partial charge in [0.15, 0.2) is 0 Å². The van der Waals surface area contributed by atoms with Gasteiger partial charge in [0.2, 0.25) is 0 Å². The molecule has 1 aromatic heterocycles. The fraction of sp³-hybridized carbons (Fsp3) is 0.692. The van der Waals surface area contributed by atoms with E-state index >= 15 is 0 Å². The van der Waals surface area contributed by atoms with Gasteiger partial charge in [-0.05, 0) is 26.8 Å². The van der Waals surface area contributed by atoms with E-state index in [1.165, 1.54) is 0 Å². The molecule has 0 amide bonds. The lowest BCUT2D eigenvalue weighted by Gasteiger charge is -2.24. The van der Waals surface area contributed by atoms with Crippen LogP contribution in [0.5, 0.6) is 0 Å². The third-order valence-corrected chi connectivity index (χ3v) is 2.96. The largest absolute Gasteiger partial charge is 0.465 e. The van der Waals surface area contributed by atoms with Gasteiger partial charge >= 0.3 is 0 Å². The van der Waals surface area contributed by atoms with Crippen LogP contribution in [-0.4, -0.2) is 31.2 Å². The molecule has 0 aliphatic carbocycles. The highest BCUT2D eigenvalue weighted by Crippen LogP contribution is 2.16. The van der Waals surface area contributed by atoms with Gasteiger partial charge < -0.3 is 14.9 Å². The Hall–Kier alpha value is -0.840. The molecule has 0 fully saturated rings. The van der Waals surface area contributed by atoms with Gasteiger partial charge in [-0.3, -0.25) is 4.90 Å². The maximum Gasteiger partial charge on any atom is 0.118 e. The Labute approximate surface area is 104 Å². The van der Waals surface area contributed by atoms with Gasteiger partial charge in [0.05, 0.1) is 13.2 Å². The van der Waals surface area contributed by atoms with E-state index in [1.807, 2.05) is 6.92 Å². The summed E-state index contributed by atoms with van der Waals surface area (Å²) in [6.07, 6.45) is 0. The molecule has 0 saturated heterocycles. The van der Waals surface area contributed by atoms with Crippen LogP contribution in [0.4, 0.5) is 0 Å². The Balaban J connectivity index is 2.64. The minimum absolute atomic E-state index is 0.469. The standard InChI is InChI=1S/C13H24N2O2/c1-10(2)15(5-6-16-4)9-13-7-12(8-14)11(3)17-13/h7,10H,5-6,8-9,14H2,1-4H3. The Morgan fingerprint density at radius 1 is 1.47 bits per heavy atom. The number of hydrogen-bond acceptors (Lipinski definition) is 4. The summed E-state index contributed by atoms with van der Waals surface area (Å²) >= 11 is 0. The molecule has 2 N–H and O–H groups in total. The molecule has 1 rings (SSSR count). The van der Waals surface area contributed by atoms with Crippen molar-refractivity contribution in [2.24, 2.45) is 5.73 Å². The summed E-state index contributed by atoms with van der Waals surface area (Å²) in [6, 6.07) is 2.52. The number of furan rings is 1. The summed E-state index contributed by atoms with van der Waals surface area (Å²) in [5, 5.41) is 0. The molecule has 98 valence electrons. The highest BCUT2D eigenvalue weighted by molar-refractivity contribution is 5.20. The number of aryl methyl sites for hydroxylation is 1. The lowest BCUT2D eigenvalue weighted by Crippen LogP contribution is -2.33. The summed E-state index contributed by atoms with van der Waals surface area (Å²) in [5.74, 6) is 1.91. The molecule has 4 heteroatoms. The van der Waals surface area contributed by atoms with Crippen molar-refractivity contribution in [1.29, 1.82) is 0 Å². The Morgan fingerprint density at radius 2 is 2.18 bits per heavy atom. The van der Waals surface area contributed by atoms with Gasteiger partial charge in [0.25, 0.3) is 0 Å². The number of nitrogens with two attached hydrogens (primary N) is 1. The molecule has 0 atom stereocenters. The second-order valence-electron chi connectivity index (χ2n) is 4.56. The van der Waals surface area contributed by atoms with E-state index in [1.54, 1.807) is 7.11 Å². The molecule has 1 heterocycles. The molecule has 0 bridgehead atoms. The van der Waals surface area contributed by atoms with Crippen LogP contribution < -0.4 is 5.73 Å². The molecule has 0 unspecified atom stereocenters. The molecule has 0 radical (unpaired) electrons. The molecular weight excluding hydrogens is 216 g/mol. The Kier molecular flexibility index (Phi) is 5.68. The van der Waals surface area contributed by atoms with Crippen molar-refractivity contribution >= 4 is 0 Å². The number of hydrogen-bond donors (Lipinski definition) is 1. The Morgan fingerprint density at radius 3 is 2.65 bits per heavy atom. The summed E-state index contributed by atoms with van der Waals surface area (Å²) in [5.41, 5.74) is 6.73. The van der Waals surface area contributed by atoms with Crippen molar-refractivity contribution in [1.82, 2.24) is 4.90 Å². The maximum absolute atomic E-state index is 5.70. The van der Waals surface area contributed by atoms with Gasteiger partial charge in [-0.2, -0.15) is 0 Å². The highest BCUT2D eigenvalue weighted by atomic mass is 16.5. The fourth-order valence-electron chi connectivity index (χ4n) is 1.80. The van der Waals surface area contributed by atoms with Crippen LogP contribution in [0.1, 0.15) is 30.9 Å². The second-order valence-corrected chi connectivity index (χ2v) is 4.56. The fourth-order valence-corrected chi connectivity index (χ4v) is 1.80. The minimum atomic E-state index is 0.469. The van der Waals surface area contributed by atoms with Crippen molar-refractivity contribution < 1.29 is 9.15 Å². The zero-order valence-electron chi connectivity index (χ0n) is 11.3. The van der Waals surface area contributed by atoms with Crippen LogP contribution in [0.15, 0.2) is 10.5 Å². The molecule has 0 spiro atoms. The average molecular weight is 240 g/mol. The van der Waals surface area contributed by atoms with E-state index in [2.05, 4.69) is 24.8 Å². The molecule has 17 heavy (non-hydrogen) atoms. The van der Waals surface area contributed by atoms with Crippen molar-refractivity contribution in [3.05, 3.63) is 23.2 Å². The van der Waals surface area contributed by atoms with Crippen molar-refractivity contribution in [2.45, 2.75) is 39.9 Å². The number of ether oxygens (including phenoxy) is 1. The summed E-state index contributed by atoms with van der Waals surface area (Å²) in [7, 11) is 1.72. The van der Waals surface area contributed by atoms with Crippen LogP contribution >= 0.6 is 0 Å². The first kappa shape index (κ1) is 14.2. The lowest BCUT2D eigenvalue weighted by molar-refractivity contribution is 0.119. The summed E-state index contributed by atoms with van der Waals surface area (Å²) < 4.78 is 10.8. The topological polar surface area (TPSA) is 51.6 Å². The van der Waals surface area contributed by atoms with Crippen molar-refractivity contribution in [3.8, 4) is 0 Å². The summed E-state index contributed by atoms with van der Waals surface area (Å²) in [6.45, 7) is 9.30. The van der Waals surface area contributed by atoms with Gasteiger partial charge in [-0.25, -0.2) is 0 Å². The first-order valence-electron chi connectivity index (χ1n) is 6.09. The molecule has 0 aliphatic heterocycles. The molecule has 1 aromatic rings. The highest BCUT2D eigenvalue weighted by Gasteiger charge is 2.13. The van der Waals surface area contributed by atoms with E-state index in [4.69, 9.17) is 14.9 Å². The number of methoxy groups -OCH3 is 1. The second kappa shape index (κ2) is 6.79. The molecule has 0 aliphatic rings. The van der Waals surface area contributed by atoms with Gasteiger partial charge in [-0.1, -0.05) is 0 Å². The third kappa shape index (κ3) is 4.15. The zero-order valence-corrected chi connectivity index (χ0v) is 11.3. The van der Waals surface area contributed by atoms with E-state index in [-0.39, 0.29) is 0 Å². The molecule has 0 saturated carbocycles. The quantitative estimate of drug-likeness (QED) is 0.791. The van der Waals surface area contributed by atoms with Gasteiger partial charge in [-0.15, -0.1) is 0 Å². The lowest BCUT2D eigenvalue weighted by atomic mass is 10.2. The predicted molar refractivity (Wildman–Crippen MR) is 68.8 cm³/mol. The van der Waals surface area contributed by atoms with E-state index in [9.17, 15) is 0 Å². The molecule has 0 aromatic carbocycles. The third-order valence-electron chi connectivity index (χ3n) is 2.96. The zero-order chi connectivity index (χ0) is 12.8. The van der Waals surface area contributed by atoms with Gasteiger partial charge in [0, 0.05) is 31.8 Å². The smallest absolute Gasteiger partial charge is 0.118 e. The van der Waals surface area contributed by atoms with Crippen LogP contribution in [0.3, 0.4) is 0 Å². The first-order chi connectivity index (χ1) is 8.08. The van der Waals surface area contributed by atoms with Gasteiger partial charge in [0.1, 0.15) is 11.5 Å². The first-order valence-corrected chi connectivity index (χ1v) is 6.09. The maximum atomic E-state index is 5.70. The van der Waals surface area contributed by atoms with Crippen molar-refractivity contribution in [3.63, 3.8) is 0 Å². The normalized spacial score (nSPS) is 11.7. The van der Waals surface area contributed by atoms with Crippen molar-refractivity contribution in [2.75, 3.05) is 20.3 Å². The minimum Gasteiger partial charge on any atom is -0.465 e. The van der Waals surface area contributed by atoms with E-state index in [0.717, 1.165) is 36.8 Å². The number of rotatable bonds is 7. The van der Waals surface area contributed by atoms with Crippen LogP contribution in [0, 0.1) is 6.92 Å². The Bertz CT molecular complexity index is 334. The predicted octanol–water partition coefficient (Wildman–Crippen LogP) is 1.90. The van der Waals surface area contributed by atoms with Crippen LogP contribution in [-0.2, 0) is 17.8 Å². The molecule has 4 nitrogen and oxygen atoms in total. The van der Waals surface area contributed by atoms with E-state index in [0.29, 0.717) is 12.6 Å². The van der Waals surface area contributed by atoms with Crippen LogP contribution in [0.2, 0.25) is 0 Å². The summed E-state index contributed by atoms with van der Waals surface area (Å²) in [4.78, 5) is 2.32. The SMILES string of the molecule is COCCN(Cc1cc(CN)c(C)o1)C(C)C. The molecular formula is C13H24N2O2. The monoisotopic (exact) mass is 240 g/mol. The average Bonchev–Trinajstić information content (AvgIpc) is 2.64. The number of nitrogens with zero attached hydrogens (tertiary/aromatic N) is 1. The van der Waals surface area contributed by atoms with Crippen LogP contribution in [0.25, 0.3) is 0 Å².